The molecule has 0 saturated carbocycles. The van der Waals surface area contributed by atoms with E-state index >= 15 is 0 Å². The van der Waals surface area contributed by atoms with E-state index in [9.17, 15) is 4.79 Å². The van der Waals surface area contributed by atoms with Gasteiger partial charge in [-0.2, -0.15) is 10.1 Å². The Morgan fingerprint density at radius 2 is 1.97 bits per heavy atom. The third-order valence-corrected chi connectivity index (χ3v) is 6.28. The summed E-state index contributed by atoms with van der Waals surface area (Å²) in [5.74, 6) is 2.24. The SMILES string of the molecule is CC(C)NC(=O)Cn1cc(C2=CCCc3nc(Nc4ccc(OCCN5CCCC5)cc4)nn32)cn1. The van der Waals surface area contributed by atoms with Crippen molar-refractivity contribution in [1.29, 1.82) is 0 Å². The van der Waals surface area contributed by atoms with Crippen LogP contribution in [0, 0.1) is 0 Å². The number of aromatic nitrogens is 5. The molecule has 0 atom stereocenters. The van der Waals surface area contributed by atoms with Gasteiger partial charge in [-0.1, -0.05) is 6.08 Å². The molecule has 0 spiro atoms. The molecule has 36 heavy (non-hydrogen) atoms. The number of carbonyl (C=O) groups excluding carboxylic acids is 1. The minimum absolute atomic E-state index is 0.0618. The molecule has 10 heteroatoms. The lowest BCUT2D eigenvalue weighted by atomic mass is 10.1. The molecule has 1 amide bonds. The maximum absolute atomic E-state index is 12.1. The molecule has 2 aliphatic rings. The van der Waals surface area contributed by atoms with Gasteiger partial charge < -0.3 is 15.4 Å². The zero-order chi connectivity index (χ0) is 24.9. The number of nitrogens with zero attached hydrogens (tertiary/aromatic N) is 6. The van der Waals surface area contributed by atoms with Crippen LogP contribution in [0.2, 0.25) is 0 Å². The molecule has 0 unspecified atom stereocenters. The minimum atomic E-state index is -0.0618. The van der Waals surface area contributed by atoms with Crippen molar-refractivity contribution in [3.8, 4) is 5.75 Å². The fraction of sp³-hybridized carbons (Fsp3) is 0.462. The van der Waals surface area contributed by atoms with Crippen LogP contribution in [0.5, 0.6) is 5.75 Å². The zero-order valence-corrected chi connectivity index (χ0v) is 21.0. The smallest absolute Gasteiger partial charge is 0.247 e. The van der Waals surface area contributed by atoms with Crippen LogP contribution in [-0.2, 0) is 17.8 Å². The monoisotopic (exact) mass is 490 g/mol. The number of hydrogen-bond donors (Lipinski definition) is 2. The normalized spacial score (nSPS) is 15.6. The highest BCUT2D eigenvalue weighted by atomic mass is 16.5. The Hall–Kier alpha value is -3.66. The highest BCUT2D eigenvalue weighted by molar-refractivity contribution is 5.76. The molecule has 2 aliphatic heterocycles. The molecular weight excluding hydrogens is 456 g/mol. The third-order valence-electron chi connectivity index (χ3n) is 6.28. The van der Waals surface area contributed by atoms with E-state index in [1.54, 1.807) is 10.9 Å². The van der Waals surface area contributed by atoms with Gasteiger partial charge in [0.05, 0.1) is 11.9 Å². The molecule has 10 nitrogen and oxygen atoms in total. The first-order valence-electron chi connectivity index (χ1n) is 12.7. The molecule has 190 valence electrons. The van der Waals surface area contributed by atoms with Crippen LogP contribution in [0.15, 0.2) is 42.7 Å². The summed E-state index contributed by atoms with van der Waals surface area (Å²) in [6, 6.07) is 8.00. The lowest BCUT2D eigenvalue weighted by molar-refractivity contribution is -0.122. The van der Waals surface area contributed by atoms with Crippen LogP contribution >= 0.6 is 0 Å². The summed E-state index contributed by atoms with van der Waals surface area (Å²) >= 11 is 0. The van der Waals surface area contributed by atoms with Crippen LogP contribution < -0.4 is 15.4 Å². The summed E-state index contributed by atoms with van der Waals surface area (Å²) < 4.78 is 9.41. The van der Waals surface area contributed by atoms with Crippen molar-refractivity contribution >= 4 is 23.2 Å². The third kappa shape index (κ3) is 5.93. The van der Waals surface area contributed by atoms with Gasteiger partial charge >= 0.3 is 0 Å². The van der Waals surface area contributed by atoms with Crippen molar-refractivity contribution < 1.29 is 9.53 Å². The van der Waals surface area contributed by atoms with E-state index < -0.39 is 0 Å². The second kappa shape index (κ2) is 10.9. The highest BCUT2D eigenvalue weighted by Gasteiger charge is 2.20. The molecule has 2 aromatic heterocycles. The van der Waals surface area contributed by atoms with E-state index in [0.717, 1.165) is 47.9 Å². The maximum atomic E-state index is 12.1. The van der Waals surface area contributed by atoms with Crippen molar-refractivity contribution in [2.75, 3.05) is 31.6 Å². The van der Waals surface area contributed by atoms with E-state index in [1.807, 2.05) is 49.0 Å². The van der Waals surface area contributed by atoms with Crippen molar-refractivity contribution in [3.05, 3.63) is 54.1 Å². The van der Waals surface area contributed by atoms with E-state index in [-0.39, 0.29) is 18.5 Å². The van der Waals surface area contributed by atoms with Gasteiger partial charge in [0.25, 0.3) is 0 Å². The number of anilines is 2. The number of allylic oxidation sites excluding steroid dienone is 1. The Labute approximate surface area is 211 Å². The predicted molar refractivity (Wildman–Crippen MR) is 138 cm³/mol. The summed E-state index contributed by atoms with van der Waals surface area (Å²) in [5, 5.41) is 15.3. The predicted octanol–water partition coefficient (Wildman–Crippen LogP) is 3.05. The number of nitrogens with one attached hydrogen (secondary N) is 2. The molecule has 0 bridgehead atoms. The lowest BCUT2D eigenvalue weighted by Gasteiger charge is -2.15. The van der Waals surface area contributed by atoms with Crippen molar-refractivity contribution in [1.82, 2.24) is 34.8 Å². The molecule has 1 fully saturated rings. The van der Waals surface area contributed by atoms with Gasteiger partial charge in [0.2, 0.25) is 11.9 Å². The summed E-state index contributed by atoms with van der Waals surface area (Å²) in [6.07, 6.45) is 10.0. The van der Waals surface area contributed by atoms with Gasteiger partial charge in [-0.25, -0.2) is 4.68 Å². The number of hydrogen-bond acceptors (Lipinski definition) is 7. The van der Waals surface area contributed by atoms with Gasteiger partial charge in [0, 0.05) is 36.5 Å². The van der Waals surface area contributed by atoms with Crippen LogP contribution in [0.4, 0.5) is 11.6 Å². The van der Waals surface area contributed by atoms with Crippen molar-refractivity contribution in [3.63, 3.8) is 0 Å². The first kappa shape index (κ1) is 24.1. The highest BCUT2D eigenvalue weighted by Crippen LogP contribution is 2.26. The maximum Gasteiger partial charge on any atom is 0.247 e. The fourth-order valence-electron chi connectivity index (χ4n) is 4.58. The van der Waals surface area contributed by atoms with Gasteiger partial charge in [-0.05, 0) is 70.5 Å². The number of amides is 1. The van der Waals surface area contributed by atoms with Crippen LogP contribution in [0.3, 0.4) is 0 Å². The van der Waals surface area contributed by atoms with Crippen LogP contribution in [0.1, 0.15) is 44.5 Å². The fourth-order valence-corrected chi connectivity index (χ4v) is 4.58. The molecule has 5 rings (SSSR count). The van der Waals surface area contributed by atoms with Crippen LogP contribution in [-0.4, -0.2) is 67.6 Å². The Balaban J connectivity index is 1.20. The molecule has 4 heterocycles. The Bertz CT molecular complexity index is 1210. The largest absolute Gasteiger partial charge is 0.492 e. The second-order valence-corrected chi connectivity index (χ2v) is 9.59. The lowest BCUT2D eigenvalue weighted by Crippen LogP contribution is -2.33. The van der Waals surface area contributed by atoms with Crippen LogP contribution in [0.25, 0.3) is 5.70 Å². The molecule has 1 saturated heterocycles. The Kier molecular flexibility index (Phi) is 7.31. The zero-order valence-electron chi connectivity index (χ0n) is 21.0. The molecule has 2 N–H and O–H groups in total. The number of carbonyl (C=O) groups is 1. The molecule has 0 radical (unpaired) electrons. The summed E-state index contributed by atoms with van der Waals surface area (Å²) in [5.41, 5.74) is 2.73. The first-order valence-corrected chi connectivity index (χ1v) is 12.7. The standard InChI is InChI=1S/C26H34N8O2/c1-19(2)28-25(35)18-33-17-20(16-27-33)23-6-5-7-24-30-26(31-34(23)24)29-21-8-10-22(11-9-21)36-15-14-32-12-3-4-13-32/h6,8-11,16-17,19H,3-5,7,12-15,18H2,1-2H3,(H,28,35)(H,29,31). The number of fused-ring (bicyclic) bond motifs is 1. The average molecular weight is 491 g/mol. The van der Waals surface area contributed by atoms with E-state index in [0.29, 0.717) is 12.6 Å². The van der Waals surface area contributed by atoms with Gasteiger partial charge in [0.15, 0.2) is 0 Å². The van der Waals surface area contributed by atoms with Gasteiger partial charge in [-0.15, -0.1) is 5.10 Å². The summed E-state index contributed by atoms with van der Waals surface area (Å²) in [4.78, 5) is 19.2. The molecule has 3 aromatic rings. The van der Waals surface area contributed by atoms with E-state index in [1.165, 1.54) is 25.9 Å². The number of rotatable bonds is 10. The molecule has 1 aromatic carbocycles. The van der Waals surface area contributed by atoms with E-state index in [2.05, 4.69) is 26.7 Å². The Morgan fingerprint density at radius 1 is 1.17 bits per heavy atom. The van der Waals surface area contributed by atoms with Crippen molar-refractivity contribution in [2.24, 2.45) is 0 Å². The Morgan fingerprint density at radius 3 is 2.75 bits per heavy atom. The average Bonchev–Trinajstić information content (AvgIpc) is 3.60. The minimum Gasteiger partial charge on any atom is -0.492 e. The van der Waals surface area contributed by atoms with Crippen molar-refractivity contribution in [2.45, 2.75) is 52.1 Å². The summed E-state index contributed by atoms with van der Waals surface area (Å²) in [7, 11) is 0. The van der Waals surface area contributed by atoms with Gasteiger partial charge in [0.1, 0.15) is 24.7 Å². The first-order chi connectivity index (χ1) is 17.5. The summed E-state index contributed by atoms with van der Waals surface area (Å²) in [6.45, 7) is 8.11. The number of benzene rings is 1. The van der Waals surface area contributed by atoms with Gasteiger partial charge in [-0.3, -0.25) is 14.4 Å². The quantitative estimate of drug-likeness (QED) is 0.450. The number of likely N-dealkylation sites (tertiary alicyclic amines) is 1. The second-order valence-electron chi connectivity index (χ2n) is 9.59. The number of aryl methyl sites for hydroxylation is 1. The number of ether oxygens (including phenoxy) is 1. The topological polar surface area (TPSA) is 102 Å². The molecule has 0 aliphatic carbocycles. The van der Waals surface area contributed by atoms with E-state index in [4.69, 9.17) is 14.8 Å². The molecular formula is C26H34N8O2.